The van der Waals surface area contributed by atoms with Gasteiger partial charge in [-0.05, 0) is 24.1 Å². The summed E-state index contributed by atoms with van der Waals surface area (Å²) in [7, 11) is 0. The lowest BCUT2D eigenvalue weighted by Gasteiger charge is -2.04. The number of hydrogen-bond acceptors (Lipinski definition) is 2. The number of ether oxygens (including phenoxy) is 1. The first-order valence-corrected chi connectivity index (χ1v) is 5.94. The molecule has 1 aromatic carbocycles. The summed E-state index contributed by atoms with van der Waals surface area (Å²) in [5.41, 5.74) is 1.06. The molecule has 2 nitrogen and oxygen atoms in total. The molecule has 0 fully saturated rings. The summed E-state index contributed by atoms with van der Waals surface area (Å²) in [6.07, 6.45) is 2.04. The van der Waals surface area contributed by atoms with Gasteiger partial charge in [0.15, 0.2) is 0 Å². The van der Waals surface area contributed by atoms with Crippen LogP contribution in [0, 0.1) is 0 Å². The third-order valence-electron chi connectivity index (χ3n) is 2.30. The molecule has 1 aromatic rings. The molecule has 0 spiro atoms. The first-order chi connectivity index (χ1) is 7.72. The molecule has 0 atom stereocenters. The van der Waals surface area contributed by atoms with Gasteiger partial charge >= 0.3 is 0 Å². The van der Waals surface area contributed by atoms with Crippen molar-refractivity contribution in [2.24, 2.45) is 0 Å². The van der Waals surface area contributed by atoms with E-state index in [9.17, 15) is 4.79 Å². The van der Waals surface area contributed by atoms with Crippen molar-refractivity contribution in [1.82, 2.24) is 0 Å². The van der Waals surface area contributed by atoms with Gasteiger partial charge in [-0.25, -0.2) is 0 Å². The van der Waals surface area contributed by atoms with Crippen LogP contribution in [0.2, 0.25) is 5.02 Å². The molecule has 0 saturated heterocycles. The normalized spacial score (nSPS) is 10.4. The van der Waals surface area contributed by atoms with Crippen LogP contribution < -0.4 is 0 Å². The first-order valence-electron chi connectivity index (χ1n) is 5.56. The number of halogens is 1. The van der Waals surface area contributed by atoms with E-state index in [0.29, 0.717) is 31.8 Å². The van der Waals surface area contributed by atoms with Crippen LogP contribution in [-0.4, -0.2) is 12.4 Å². The maximum Gasteiger partial charge on any atom is 0.132 e. The summed E-state index contributed by atoms with van der Waals surface area (Å²) in [6.45, 7) is 3.06. The van der Waals surface area contributed by atoms with Gasteiger partial charge < -0.3 is 4.74 Å². The van der Waals surface area contributed by atoms with Crippen molar-refractivity contribution in [3.63, 3.8) is 0 Å². The summed E-state index contributed by atoms with van der Waals surface area (Å²) in [5.74, 6) is 0.298. The molecule has 0 amide bonds. The molecule has 0 bridgehead atoms. The highest BCUT2D eigenvalue weighted by atomic mass is 35.5. The van der Waals surface area contributed by atoms with Crippen molar-refractivity contribution in [2.75, 3.05) is 6.61 Å². The summed E-state index contributed by atoms with van der Waals surface area (Å²) in [6, 6.07) is 7.61. The Bertz CT molecular complexity index is 336. The summed E-state index contributed by atoms with van der Waals surface area (Å²) >= 11 is 5.85. The Morgan fingerprint density at radius 2 is 2.25 bits per heavy atom. The van der Waals surface area contributed by atoms with E-state index in [1.165, 1.54) is 0 Å². The minimum absolute atomic E-state index is 0.298. The molecular formula is C13H17ClO2. The zero-order chi connectivity index (χ0) is 11.8. The van der Waals surface area contributed by atoms with E-state index >= 15 is 0 Å². The van der Waals surface area contributed by atoms with Crippen molar-refractivity contribution in [1.29, 1.82) is 0 Å². The van der Waals surface area contributed by atoms with Gasteiger partial charge in [-0.1, -0.05) is 30.7 Å². The third kappa shape index (κ3) is 5.29. The molecule has 0 saturated carbocycles. The number of carbonyl (C=O) groups is 1. The summed E-state index contributed by atoms with van der Waals surface area (Å²) < 4.78 is 5.46. The number of Topliss-reactive ketones (excluding diaryl/α,β-unsaturated/α-hetero) is 1. The fraction of sp³-hybridized carbons (Fsp3) is 0.462. The van der Waals surface area contributed by atoms with Gasteiger partial charge in [0.1, 0.15) is 5.78 Å². The molecular weight excluding hydrogens is 224 g/mol. The van der Waals surface area contributed by atoms with Crippen LogP contribution in [-0.2, 0) is 16.1 Å². The van der Waals surface area contributed by atoms with E-state index in [-0.39, 0.29) is 0 Å². The number of ketones is 1. The van der Waals surface area contributed by atoms with Crippen LogP contribution in [0.15, 0.2) is 24.3 Å². The molecule has 0 heterocycles. The first kappa shape index (κ1) is 13.2. The van der Waals surface area contributed by atoms with E-state index in [0.717, 1.165) is 17.0 Å². The van der Waals surface area contributed by atoms with Crippen molar-refractivity contribution in [2.45, 2.75) is 32.8 Å². The SMILES string of the molecule is CCC(=O)CCCOCc1cccc(Cl)c1. The third-order valence-corrected chi connectivity index (χ3v) is 2.53. The maximum atomic E-state index is 11.0. The number of hydrogen-bond donors (Lipinski definition) is 0. The minimum atomic E-state index is 0.298. The lowest BCUT2D eigenvalue weighted by Crippen LogP contribution is -2.00. The second-order valence-electron chi connectivity index (χ2n) is 3.68. The van der Waals surface area contributed by atoms with Gasteiger partial charge in [0.2, 0.25) is 0 Å². The Balaban J connectivity index is 2.14. The van der Waals surface area contributed by atoms with E-state index < -0.39 is 0 Å². The fourth-order valence-electron chi connectivity index (χ4n) is 1.36. The highest BCUT2D eigenvalue weighted by Crippen LogP contribution is 2.11. The zero-order valence-electron chi connectivity index (χ0n) is 9.54. The Morgan fingerprint density at radius 3 is 2.94 bits per heavy atom. The smallest absolute Gasteiger partial charge is 0.132 e. The highest BCUT2D eigenvalue weighted by Gasteiger charge is 1.98. The monoisotopic (exact) mass is 240 g/mol. The Morgan fingerprint density at radius 1 is 1.44 bits per heavy atom. The predicted octanol–water partition coefficient (Wildman–Crippen LogP) is 3.62. The molecule has 0 aliphatic heterocycles. The van der Waals surface area contributed by atoms with E-state index in [1.807, 2.05) is 31.2 Å². The minimum Gasteiger partial charge on any atom is -0.377 e. The lowest BCUT2D eigenvalue weighted by atomic mass is 10.2. The van der Waals surface area contributed by atoms with Gasteiger partial charge in [0.25, 0.3) is 0 Å². The lowest BCUT2D eigenvalue weighted by molar-refractivity contribution is -0.119. The molecule has 1 rings (SSSR count). The molecule has 0 aliphatic carbocycles. The van der Waals surface area contributed by atoms with Crippen molar-refractivity contribution in [3.8, 4) is 0 Å². The summed E-state index contributed by atoms with van der Waals surface area (Å²) in [4.78, 5) is 11.0. The van der Waals surface area contributed by atoms with Crippen LogP contribution in [0.3, 0.4) is 0 Å². The number of rotatable bonds is 7. The van der Waals surface area contributed by atoms with Crippen LogP contribution in [0.25, 0.3) is 0 Å². The fourth-order valence-corrected chi connectivity index (χ4v) is 1.58. The van der Waals surface area contributed by atoms with Crippen molar-refractivity contribution >= 4 is 17.4 Å². The second-order valence-corrected chi connectivity index (χ2v) is 4.11. The molecule has 0 radical (unpaired) electrons. The quantitative estimate of drug-likeness (QED) is 0.681. The molecule has 0 unspecified atom stereocenters. The van der Waals surface area contributed by atoms with Crippen LogP contribution >= 0.6 is 11.6 Å². The Labute approximate surface area is 102 Å². The van der Waals surface area contributed by atoms with Crippen LogP contribution in [0.4, 0.5) is 0 Å². The summed E-state index contributed by atoms with van der Waals surface area (Å²) in [5, 5.41) is 0.724. The molecule has 16 heavy (non-hydrogen) atoms. The number of carbonyl (C=O) groups excluding carboxylic acids is 1. The zero-order valence-corrected chi connectivity index (χ0v) is 10.3. The van der Waals surface area contributed by atoms with Crippen molar-refractivity contribution < 1.29 is 9.53 Å². The van der Waals surface area contributed by atoms with E-state index in [2.05, 4.69) is 0 Å². The van der Waals surface area contributed by atoms with Gasteiger partial charge in [0.05, 0.1) is 6.61 Å². The van der Waals surface area contributed by atoms with Gasteiger partial charge in [-0.2, -0.15) is 0 Å². The van der Waals surface area contributed by atoms with Gasteiger partial charge in [-0.3, -0.25) is 4.79 Å². The van der Waals surface area contributed by atoms with Crippen LogP contribution in [0.5, 0.6) is 0 Å². The van der Waals surface area contributed by atoms with Crippen LogP contribution in [0.1, 0.15) is 31.7 Å². The highest BCUT2D eigenvalue weighted by molar-refractivity contribution is 6.30. The molecule has 0 aliphatic rings. The predicted molar refractivity (Wildman–Crippen MR) is 65.6 cm³/mol. The topological polar surface area (TPSA) is 26.3 Å². The standard InChI is InChI=1S/C13H17ClO2/c1-2-13(15)7-4-8-16-10-11-5-3-6-12(14)9-11/h3,5-6,9H,2,4,7-8,10H2,1H3. The van der Waals surface area contributed by atoms with Crippen molar-refractivity contribution in [3.05, 3.63) is 34.9 Å². The molecule has 3 heteroatoms. The van der Waals surface area contributed by atoms with E-state index in [4.69, 9.17) is 16.3 Å². The maximum absolute atomic E-state index is 11.0. The Hall–Kier alpha value is -0.860. The van der Waals surface area contributed by atoms with E-state index in [1.54, 1.807) is 0 Å². The average molecular weight is 241 g/mol. The van der Waals surface area contributed by atoms with Gasteiger partial charge in [0, 0.05) is 24.5 Å². The largest absolute Gasteiger partial charge is 0.377 e. The Kier molecular flexibility index (Phi) is 6.12. The average Bonchev–Trinajstić information content (AvgIpc) is 2.28. The number of benzene rings is 1. The second kappa shape index (κ2) is 7.42. The molecule has 88 valence electrons. The molecule has 0 N–H and O–H groups in total. The van der Waals surface area contributed by atoms with Gasteiger partial charge in [-0.15, -0.1) is 0 Å². The molecule has 0 aromatic heterocycles.